The van der Waals surface area contributed by atoms with Gasteiger partial charge in [-0.2, -0.15) is 0 Å². The van der Waals surface area contributed by atoms with Crippen LogP contribution in [0.1, 0.15) is 6.42 Å². The number of aliphatic hydroxyl groups is 2. The molecule has 2 rings (SSSR count). The normalized spacial score (nSPS) is 52.2. The van der Waals surface area contributed by atoms with E-state index in [1.807, 2.05) is 0 Å². The Morgan fingerprint density at radius 1 is 1.50 bits per heavy atom. The maximum atomic E-state index is 9.39. The van der Waals surface area contributed by atoms with Gasteiger partial charge in [0.2, 0.25) is 0 Å². The maximum absolute atomic E-state index is 9.39. The second-order valence-corrected chi connectivity index (χ2v) is 3.23. The van der Waals surface area contributed by atoms with Crippen molar-refractivity contribution in [1.29, 1.82) is 0 Å². The third-order valence-electron chi connectivity index (χ3n) is 2.63. The summed E-state index contributed by atoms with van der Waals surface area (Å²) in [7, 11) is 0. The van der Waals surface area contributed by atoms with E-state index in [0.29, 0.717) is 5.92 Å². The summed E-state index contributed by atoms with van der Waals surface area (Å²) in [6.45, 7) is 0.871. The molecule has 2 N–H and O–H groups in total. The van der Waals surface area contributed by atoms with Gasteiger partial charge in [-0.25, -0.2) is 0 Å². The molecule has 1 aliphatic heterocycles. The van der Waals surface area contributed by atoms with Gasteiger partial charge in [0.1, 0.15) is 0 Å². The van der Waals surface area contributed by atoms with Gasteiger partial charge >= 0.3 is 0 Å². The molecular formula is C7H12O3. The predicted octanol–water partition coefficient (Wildman–Crippen LogP) is -0.626. The van der Waals surface area contributed by atoms with E-state index < -0.39 is 6.10 Å². The highest BCUT2D eigenvalue weighted by atomic mass is 16.5. The van der Waals surface area contributed by atoms with Crippen molar-refractivity contribution in [3.05, 3.63) is 0 Å². The highest BCUT2D eigenvalue weighted by Gasteiger charge is 2.48. The van der Waals surface area contributed by atoms with Crippen LogP contribution >= 0.6 is 0 Å². The Hall–Kier alpha value is -0.120. The van der Waals surface area contributed by atoms with Crippen molar-refractivity contribution in [3.8, 4) is 0 Å². The first-order chi connectivity index (χ1) is 4.83. The van der Waals surface area contributed by atoms with Gasteiger partial charge < -0.3 is 14.9 Å². The minimum atomic E-state index is -0.413. The molecule has 0 radical (unpaired) electrons. The smallest absolute Gasteiger partial charge is 0.0887 e. The summed E-state index contributed by atoms with van der Waals surface area (Å²) < 4.78 is 5.14. The van der Waals surface area contributed by atoms with Gasteiger partial charge in [0.15, 0.2) is 0 Å². The molecule has 0 amide bonds. The lowest BCUT2D eigenvalue weighted by Gasteiger charge is -2.32. The molecule has 58 valence electrons. The molecule has 4 atom stereocenters. The van der Waals surface area contributed by atoms with Crippen molar-refractivity contribution in [2.24, 2.45) is 11.8 Å². The number of aliphatic hydroxyl groups excluding tert-OH is 2. The Kier molecular flexibility index (Phi) is 1.44. The standard InChI is InChI=1S/C7H12O3/c8-2-4-1-5-3-10-7(5)6(4)9/h4-9H,1-3H2/t4-,5+,6-,7-/m0/s1. The Labute approximate surface area is 59.6 Å². The summed E-state index contributed by atoms with van der Waals surface area (Å²) in [6, 6.07) is 0. The third-order valence-corrected chi connectivity index (χ3v) is 2.63. The largest absolute Gasteiger partial charge is 0.396 e. The summed E-state index contributed by atoms with van der Waals surface area (Å²) >= 11 is 0. The Morgan fingerprint density at radius 3 is 2.60 bits per heavy atom. The SMILES string of the molecule is OC[C@@H]1C[C@@H]2CO[C@@H]2[C@H]1O. The van der Waals surface area contributed by atoms with Crippen LogP contribution in [0.3, 0.4) is 0 Å². The van der Waals surface area contributed by atoms with Gasteiger partial charge in [0.05, 0.1) is 18.8 Å². The molecule has 1 saturated heterocycles. The maximum Gasteiger partial charge on any atom is 0.0887 e. The Morgan fingerprint density at radius 2 is 2.30 bits per heavy atom. The van der Waals surface area contributed by atoms with E-state index in [4.69, 9.17) is 9.84 Å². The minimum Gasteiger partial charge on any atom is -0.396 e. The van der Waals surface area contributed by atoms with Crippen molar-refractivity contribution in [2.75, 3.05) is 13.2 Å². The number of ether oxygens (including phenoxy) is 1. The number of hydrogen-bond acceptors (Lipinski definition) is 3. The zero-order valence-electron chi connectivity index (χ0n) is 5.73. The second kappa shape index (κ2) is 2.19. The molecule has 1 heterocycles. The summed E-state index contributed by atoms with van der Waals surface area (Å²) in [5.41, 5.74) is 0. The van der Waals surface area contributed by atoms with Crippen LogP contribution in [-0.2, 0) is 4.74 Å². The van der Waals surface area contributed by atoms with Crippen LogP contribution in [0.2, 0.25) is 0 Å². The molecule has 10 heavy (non-hydrogen) atoms. The molecule has 0 aromatic rings. The van der Waals surface area contributed by atoms with E-state index in [1.165, 1.54) is 0 Å². The number of rotatable bonds is 1. The van der Waals surface area contributed by atoms with Gasteiger partial charge in [-0.05, 0) is 6.42 Å². The van der Waals surface area contributed by atoms with E-state index in [9.17, 15) is 5.11 Å². The molecule has 1 saturated carbocycles. The Bertz CT molecular complexity index is 137. The van der Waals surface area contributed by atoms with E-state index in [2.05, 4.69) is 0 Å². The van der Waals surface area contributed by atoms with Crippen LogP contribution in [0.15, 0.2) is 0 Å². The highest BCUT2D eigenvalue weighted by Crippen LogP contribution is 2.39. The molecule has 0 unspecified atom stereocenters. The fourth-order valence-corrected chi connectivity index (χ4v) is 1.90. The first-order valence-electron chi connectivity index (χ1n) is 3.73. The lowest BCUT2D eigenvalue weighted by molar-refractivity contribution is -0.139. The average Bonchev–Trinajstić information content (AvgIpc) is 2.05. The van der Waals surface area contributed by atoms with Gasteiger partial charge in [-0.1, -0.05) is 0 Å². The zero-order valence-corrected chi connectivity index (χ0v) is 5.73. The van der Waals surface area contributed by atoms with Gasteiger partial charge in [0, 0.05) is 18.4 Å². The van der Waals surface area contributed by atoms with Crippen molar-refractivity contribution in [3.63, 3.8) is 0 Å². The molecule has 0 aromatic carbocycles. The predicted molar refractivity (Wildman–Crippen MR) is 34.4 cm³/mol. The van der Waals surface area contributed by atoms with Crippen LogP contribution in [0.5, 0.6) is 0 Å². The lowest BCUT2D eigenvalue weighted by Crippen LogP contribution is -2.42. The van der Waals surface area contributed by atoms with E-state index >= 15 is 0 Å². The summed E-state index contributed by atoms with van der Waals surface area (Å²) in [5.74, 6) is 0.588. The van der Waals surface area contributed by atoms with Crippen LogP contribution < -0.4 is 0 Å². The van der Waals surface area contributed by atoms with Crippen LogP contribution in [0, 0.1) is 11.8 Å². The second-order valence-electron chi connectivity index (χ2n) is 3.23. The van der Waals surface area contributed by atoms with Crippen molar-refractivity contribution < 1.29 is 14.9 Å². The van der Waals surface area contributed by atoms with Crippen molar-refractivity contribution in [2.45, 2.75) is 18.6 Å². The zero-order chi connectivity index (χ0) is 7.14. The van der Waals surface area contributed by atoms with Crippen LogP contribution in [-0.4, -0.2) is 35.6 Å². The van der Waals surface area contributed by atoms with E-state index in [0.717, 1.165) is 13.0 Å². The molecular weight excluding hydrogens is 132 g/mol. The third kappa shape index (κ3) is 0.713. The molecule has 2 aliphatic rings. The first-order valence-corrected chi connectivity index (χ1v) is 3.73. The van der Waals surface area contributed by atoms with Crippen LogP contribution in [0.25, 0.3) is 0 Å². The highest BCUT2D eigenvalue weighted by molar-refractivity contribution is 4.96. The number of hydrogen-bond donors (Lipinski definition) is 2. The molecule has 2 fully saturated rings. The molecule has 0 spiro atoms. The van der Waals surface area contributed by atoms with Gasteiger partial charge in [-0.15, -0.1) is 0 Å². The molecule has 0 bridgehead atoms. The summed E-state index contributed by atoms with van der Waals surface area (Å²) in [6.07, 6.45) is 0.559. The van der Waals surface area contributed by atoms with E-state index in [1.54, 1.807) is 0 Å². The van der Waals surface area contributed by atoms with E-state index in [-0.39, 0.29) is 18.6 Å². The Balaban J connectivity index is 2.02. The minimum absolute atomic E-state index is 0.0390. The molecule has 1 aliphatic carbocycles. The van der Waals surface area contributed by atoms with Crippen molar-refractivity contribution in [1.82, 2.24) is 0 Å². The van der Waals surface area contributed by atoms with Gasteiger partial charge in [0.25, 0.3) is 0 Å². The van der Waals surface area contributed by atoms with Crippen molar-refractivity contribution >= 4 is 0 Å². The topological polar surface area (TPSA) is 49.7 Å². The summed E-state index contributed by atoms with van der Waals surface area (Å²) in [4.78, 5) is 0. The molecule has 3 heteroatoms. The first kappa shape index (κ1) is 6.58. The monoisotopic (exact) mass is 144 g/mol. The fourth-order valence-electron chi connectivity index (χ4n) is 1.90. The lowest BCUT2D eigenvalue weighted by atomic mass is 10.0. The van der Waals surface area contributed by atoms with Crippen LogP contribution in [0.4, 0.5) is 0 Å². The number of fused-ring (bicyclic) bond motifs is 1. The average molecular weight is 144 g/mol. The summed E-state index contributed by atoms with van der Waals surface area (Å²) in [5, 5.41) is 18.2. The fraction of sp³-hybridized carbons (Fsp3) is 1.00. The quantitative estimate of drug-likeness (QED) is 0.515. The molecule has 0 aromatic heterocycles. The van der Waals surface area contributed by atoms with Gasteiger partial charge in [-0.3, -0.25) is 0 Å². The molecule has 3 nitrogen and oxygen atoms in total.